The zero-order valence-corrected chi connectivity index (χ0v) is 8.94. The topological polar surface area (TPSA) is 40.9 Å². The van der Waals surface area contributed by atoms with Gasteiger partial charge in [-0.05, 0) is 12.1 Å². The van der Waals surface area contributed by atoms with Crippen molar-refractivity contribution in [2.45, 2.75) is 12.1 Å². The second kappa shape index (κ2) is 3.11. The average molecular weight is 272 g/mol. The van der Waals surface area contributed by atoms with Crippen LogP contribution in [0.15, 0.2) is 16.6 Å². The van der Waals surface area contributed by atoms with Gasteiger partial charge in [-0.15, -0.1) is 0 Å². The molecule has 1 aliphatic rings. The maximum absolute atomic E-state index is 13.6. The van der Waals surface area contributed by atoms with Crippen molar-refractivity contribution in [3.63, 3.8) is 0 Å². The number of nitriles is 1. The van der Waals surface area contributed by atoms with E-state index in [0.29, 0.717) is 4.47 Å². The highest BCUT2D eigenvalue weighted by Crippen LogP contribution is 2.35. The number of carbonyl (C=O) groups is 1. The van der Waals surface area contributed by atoms with E-state index in [0.717, 1.165) is 6.07 Å². The van der Waals surface area contributed by atoms with Gasteiger partial charge in [0.05, 0.1) is 0 Å². The van der Waals surface area contributed by atoms with Crippen LogP contribution in [0.1, 0.15) is 15.9 Å². The molecule has 0 bridgehead atoms. The quantitative estimate of drug-likeness (QED) is 0.728. The van der Waals surface area contributed by atoms with Gasteiger partial charge in [-0.2, -0.15) is 5.26 Å². The van der Waals surface area contributed by atoms with Gasteiger partial charge in [0.25, 0.3) is 5.67 Å². The smallest absolute Gasteiger partial charge is 0.262 e. The molecule has 2 rings (SSSR count). The Labute approximate surface area is 92.6 Å². The van der Waals surface area contributed by atoms with Crippen LogP contribution in [0, 0.1) is 17.1 Å². The fourth-order valence-corrected chi connectivity index (χ4v) is 2.04. The molecule has 76 valence electrons. The Morgan fingerprint density at radius 3 is 2.80 bits per heavy atom. The number of rotatable bonds is 0. The van der Waals surface area contributed by atoms with Crippen LogP contribution < -0.4 is 0 Å². The molecule has 0 N–H and O–H groups in total. The molecule has 0 unspecified atom stereocenters. The fraction of sp³-hybridized carbons (Fsp3) is 0.200. The third-order valence-corrected chi connectivity index (χ3v) is 2.82. The van der Waals surface area contributed by atoms with Crippen molar-refractivity contribution in [3.8, 4) is 6.07 Å². The summed E-state index contributed by atoms with van der Waals surface area (Å²) in [7, 11) is 0. The number of hydrogen-bond donors (Lipinski definition) is 0. The van der Waals surface area contributed by atoms with Crippen LogP contribution in [-0.4, -0.2) is 11.5 Å². The van der Waals surface area contributed by atoms with Crippen LogP contribution in [0.5, 0.6) is 0 Å². The Hall–Kier alpha value is -1.28. The largest absolute Gasteiger partial charge is 0.289 e. The van der Waals surface area contributed by atoms with E-state index in [4.69, 9.17) is 5.26 Å². The molecular weight excluding hydrogens is 268 g/mol. The number of hydrogen-bond acceptors (Lipinski definition) is 2. The van der Waals surface area contributed by atoms with Crippen molar-refractivity contribution in [2.75, 3.05) is 0 Å². The number of alkyl halides is 1. The molecule has 0 radical (unpaired) electrons. The monoisotopic (exact) mass is 271 g/mol. The first-order valence-corrected chi connectivity index (χ1v) is 4.90. The zero-order chi connectivity index (χ0) is 11.2. The third kappa shape index (κ3) is 1.37. The highest BCUT2D eigenvalue weighted by molar-refractivity contribution is 9.10. The Morgan fingerprint density at radius 2 is 2.20 bits per heavy atom. The number of carbonyl (C=O) groups excluding carboxylic acids is 1. The minimum atomic E-state index is -2.61. The lowest BCUT2D eigenvalue weighted by Crippen LogP contribution is -2.28. The third-order valence-electron chi connectivity index (χ3n) is 2.36. The standard InChI is InChI=1S/C10H4BrF2NO/c11-5-1-6-7(8(12)2-5)3-10(13,4-14)9(6)15/h1-2H,3H2/t10-/m1/s1. The minimum Gasteiger partial charge on any atom is -0.289 e. The number of halogens is 3. The molecule has 0 fully saturated rings. The predicted octanol–water partition coefficient (Wildman–Crippen LogP) is 2.56. The summed E-state index contributed by atoms with van der Waals surface area (Å²) in [6.45, 7) is 0. The molecule has 1 atom stereocenters. The van der Waals surface area contributed by atoms with Gasteiger partial charge in [0, 0.05) is 22.0 Å². The van der Waals surface area contributed by atoms with Crippen LogP contribution in [-0.2, 0) is 6.42 Å². The molecule has 0 heterocycles. The van der Waals surface area contributed by atoms with Crippen molar-refractivity contribution in [2.24, 2.45) is 0 Å². The van der Waals surface area contributed by atoms with E-state index in [1.54, 1.807) is 0 Å². The lowest BCUT2D eigenvalue weighted by molar-refractivity contribution is 0.0820. The Balaban J connectivity index is 2.66. The molecule has 1 aromatic rings. The van der Waals surface area contributed by atoms with E-state index < -0.39 is 23.7 Å². The summed E-state index contributed by atoms with van der Waals surface area (Å²) < 4.78 is 27.3. The summed E-state index contributed by atoms with van der Waals surface area (Å²) in [6, 6.07) is 3.77. The van der Waals surface area contributed by atoms with Gasteiger partial charge in [-0.25, -0.2) is 8.78 Å². The Morgan fingerprint density at radius 1 is 1.53 bits per heavy atom. The van der Waals surface area contributed by atoms with E-state index >= 15 is 0 Å². The van der Waals surface area contributed by atoms with Crippen molar-refractivity contribution >= 4 is 21.7 Å². The molecule has 15 heavy (non-hydrogen) atoms. The van der Waals surface area contributed by atoms with Crippen LogP contribution in [0.3, 0.4) is 0 Å². The summed E-state index contributed by atoms with van der Waals surface area (Å²) in [5, 5.41) is 8.55. The van der Waals surface area contributed by atoms with Gasteiger partial charge in [-0.1, -0.05) is 15.9 Å². The number of benzene rings is 1. The lowest BCUT2D eigenvalue weighted by Gasteiger charge is -2.04. The van der Waals surface area contributed by atoms with Gasteiger partial charge < -0.3 is 0 Å². The van der Waals surface area contributed by atoms with Crippen molar-refractivity contribution < 1.29 is 13.6 Å². The molecule has 0 spiro atoms. The van der Waals surface area contributed by atoms with Crippen LogP contribution in [0.4, 0.5) is 8.78 Å². The van der Waals surface area contributed by atoms with Crippen molar-refractivity contribution in [3.05, 3.63) is 33.5 Å². The minimum absolute atomic E-state index is 0.0211. The molecular formula is C10H4BrF2NO. The molecule has 0 saturated heterocycles. The van der Waals surface area contributed by atoms with Crippen molar-refractivity contribution in [1.29, 1.82) is 5.26 Å². The molecule has 0 amide bonds. The van der Waals surface area contributed by atoms with E-state index in [1.165, 1.54) is 12.1 Å². The van der Waals surface area contributed by atoms with Gasteiger partial charge in [0.1, 0.15) is 11.9 Å². The number of ketones is 1. The molecule has 1 aromatic carbocycles. The van der Waals surface area contributed by atoms with Crippen molar-refractivity contribution in [1.82, 2.24) is 0 Å². The summed E-state index contributed by atoms with van der Waals surface area (Å²) in [5.74, 6) is -1.62. The van der Waals surface area contributed by atoms with E-state index in [2.05, 4.69) is 15.9 Å². The molecule has 0 aromatic heterocycles. The molecule has 2 nitrogen and oxygen atoms in total. The molecule has 0 saturated carbocycles. The first-order valence-electron chi connectivity index (χ1n) is 4.11. The van der Waals surface area contributed by atoms with Gasteiger partial charge in [0.2, 0.25) is 5.78 Å². The van der Waals surface area contributed by atoms with Crippen LogP contribution in [0.2, 0.25) is 0 Å². The van der Waals surface area contributed by atoms with Gasteiger partial charge in [-0.3, -0.25) is 4.79 Å². The van der Waals surface area contributed by atoms with E-state index in [9.17, 15) is 13.6 Å². The summed E-state index contributed by atoms with van der Waals surface area (Å²) in [4.78, 5) is 11.5. The zero-order valence-electron chi connectivity index (χ0n) is 7.35. The Kier molecular flexibility index (Phi) is 2.12. The van der Waals surface area contributed by atoms with Gasteiger partial charge >= 0.3 is 0 Å². The fourth-order valence-electron chi connectivity index (χ4n) is 1.61. The first-order chi connectivity index (χ1) is 6.98. The number of fused-ring (bicyclic) bond motifs is 1. The SMILES string of the molecule is N#C[C@]1(F)Cc2c(F)cc(Br)cc2C1=O. The maximum atomic E-state index is 13.6. The summed E-state index contributed by atoms with van der Waals surface area (Å²) >= 11 is 3.01. The van der Waals surface area contributed by atoms with E-state index in [-0.39, 0.29) is 11.1 Å². The van der Waals surface area contributed by atoms with Gasteiger partial charge in [0.15, 0.2) is 0 Å². The van der Waals surface area contributed by atoms with E-state index in [1.807, 2.05) is 0 Å². The first kappa shape index (κ1) is 10.2. The number of Topliss-reactive ketones (excluding diaryl/α,β-unsaturated/α-hetero) is 1. The predicted molar refractivity (Wildman–Crippen MR) is 51.6 cm³/mol. The molecule has 5 heteroatoms. The lowest BCUT2D eigenvalue weighted by atomic mass is 10.0. The second-order valence-corrected chi connectivity index (χ2v) is 4.25. The maximum Gasteiger partial charge on any atom is 0.262 e. The summed E-state index contributed by atoms with van der Waals surface area (Å²) in [5.41, 5.74) is -2.68. The average Bonchev–Trinajstić information content (AvgIpc) is 2.43. The normalized spacial score (nSPS) is 23.7. The summed E-state index contributed by atoms with van der Waals surface area (Å²) in [6.07, 6.45) is -0.503. The highest BCUT2D eigenvalue weighted by Gasteiger charge is 2.48. The van der Waals surface area contributed by atoms with Crippen LogP contribution in [0.25, 0.3) is 0 Å². The molecule has 1 aliphatic carbocycles. The number of nitrogens with zero attached hydrogens (tertiary/aromatic N) is 1. The Bertz CT molecular complexity index is 509. The second-order valence-electron chi connectivity index (χ2n) is 3.33. The molecule has 0 aliphatic heterocycles. The highest BCUT2D eigenvalue weighted by atomic mass is 79.9. The van der Waals surface area contributed by atoms with Crippen LogP contribution >= 0.6 is 15.9 Å².